The first-order valence-corrected chi connectivity index (χ1v) is 5.07. The second-order valence-corrected chi connectivity index (χ2v) is 3.35. The monoisotopic (exact) mass is 226 g/mol. The van der Waals surface area contributed by atoms with Crippen molar-refractivity contribution in [2.24, 2.45) is 0 Å². The summed E-state index contributed by atoms with van der Waals surface area (Å²) in [5, 5.41) is 17.9. The van der Waals surface area contributed by atoms with Gasteiger partial charge in [-0.05, 0) is 18.2 Å². The predicted molar refractivity (Wildman–Crippen MR) is 61.3 cm³/mol. The van der Waals surface area contributed by atoms with Crippen LogP contribution in [-0.2, 0) is 0 Å². The summed E-state index contributed by atoms with van der Waals surface area (Å²) in [4.78, 5) is 4.04. The van der Waals surface area contributed by atoms with Gasteiger partial charge in [-0.15, -0.1) is 0 Å². The Morgan fingerprint density at radius 1 is 1.12 bits per heavy atom. The molecule has 1 unspecified atom stereocenters. The van der Waals surface area contributed by atoms with Gasteiger partial charge in [-0.1, -0.05) is 24.3 Å². The van der Waals surface area contributed by atoms with Gasteiger partial charge in [0.15, 0.2) is 6.10 Å². The summed E-state index contributed by atoms with van der Waals surface area (Å²) < 4.78 is 5.48. The highest BCUT2D eigenvalue weighted by Crippen LogP contribution is 2.20. The molecule has 17 heavy (non-hydrogen) atoms. The summed E-state index contributed by atoms with van der Waals surface area (Å²) in [6.45, 7) is 0. The molecule has 2 aromatic rings. The van der Waals surface area contributed by atoms with Crippen LogP contribution in [0.25, 0.3) is 0 Å². The molecular weight excluding hydrogens is 216 g/mol. The lowest BCUT2D eigenvalue weighted by Crippen LogP contribution is -1.98. The zero-order chi connectivity index (χ0) is 12.1. The molecule has 1 aromatic heterocycles. The lowest BCUT2D eigenvalue weighted by Gasteiger charge is -2.06. The Morgan fingerprint density at radius 2 is 1.88 bits per heavy atom. The quantitative estimate of drug-likeness (QED) is 0.816. The molecule has 0 aliphatic carbocycles. The van der Waals surface area contributed by atoms with Crippen LogP contribution in [0.1, 0.15) is 11.8 Å². The molecule has 0 spiro atoms. The van der Waals surface area contributed by atoms with Crippen LogP contribution >= 0.6 is 0 Å². The van der Waals surface area contributed by atoms with Crippen LogP contribution in [0.3, 0.4) is 0 Å². The third-order valence-electron chi connectivity index (χ3n) is 2.11. The topological polar surface area (TPSA) is 66.1 Å². The molecule has 1 aromatic carbocycles. The van der Waals surface area contributed by atoms with Gasteiger partial charge < -0.3 is 9.84 Å². The van der Waals surface area contributed by atoms with Gasteiger partial charge in [-0.3, -0.25) is 0 Å². The normalized spacial score (nSPS) is 11.5. The summed E-state index contributed by atoms with van der Waals surface area (Å²) in [6.07, 6.45) is -1.23. The number of aliphatic hydroxyl groups excluding tert-OH is 1. The Labute approximate surface area is 98.7 Å². The van der Waals surface area contributed by atoms with E-state index in [1.807, 2.05) is 18.2 Å². The second kappa shape index (κ2) is 5.10. The van der Waals surface area contributed by atoms with Crippen molar-refractivity contribution in [3.05, 3.63) is 54.2 Å². The third-order valence-corrected chi connectivity index (χ3v) is 2.11. The number of nitrogens with zero attached hydrogens (tertiary/aromatic N) is 2. The summed E-state index contributed by atoms with van der Waals surface area (Å²) in [6, 6.07) is 15.8. The number of aromatic nitrogens is 1. The van der Waals surface area contributed by atoms with Crippen molar-refractivity contribution in [2.75, 3.05) is 0 Å². The molecule has 0 radical (unpaired) electrons. The first-order chi connectivity index (χ1) is 8.29. The maximum absolute atomic E-state index is 9.34. The van der Waals surface area contributed by atoms with Crippen molar-refractivity contribution in [1.29, 1.82) is 5.26 Å². The van der Waals surface area contributed by atoms with E-state index in [0.29, 0.717) is 11.6 Å². The minimum absolute atomic E-state index is 0.279. The van der Waals surface area contributed by atoms with E-state index in [-0.39, 0.29) is 5.69 Å². The fourth-order valence-corrected chi connectivity index (χ4v) is 1.32. The minimum atomic E-state index is -1.23. The summed E-state index contributed by atoms with van der Waals surface area (Å²) >= 11 is 0. The van der Waals surface area contributed by atoms with Crippen molar-refractivity contribution in [3.63, 3.8) is 0 Å². The fourth-order valence-electron chi connectivity index (χ4n) is 1.32. The number of para-hydroxylation sites is 1. The predicted octanol–water partition coefficient (Wildman–Crippen LogP) is 2.43. The highest BCUT2D eigenvalue weighted by Gasteiger charge is 2.08. The second-order valence-electron chi connectivity index (χ2n) is 3.35. The Morgan fingerprint density at radius 3 is 2.59 bits per heavy atom. The summed E-state index contributed by atoms with van der Waals surface area (Å²) in [5.41, 5.74) is 0.279. The van der Waals surface area contributed by atoms with E-state index < -0.39 is 6.10 Å². The minimum Gasteiger partial charge on any atom is -0.439 e. The number of rotatable bonds is 3. The number of hydrogen-bond donors (Lipinski definition) is 1. The fraction of sp³-hybridized carbons (Fsp3) is 0.0769. The molecule has 4 nitrogen and oxygen atoms in total. The van der Waals surface area contributed by atoms with Crippen molar-refractivity contribution < 1.29 is 9.84 Å². The summed E-state index contributed by atoms with van der Waals surface area (Å²) in [5.74, 6) is 1.01. The number of nitriles is 1. The lowest BCUT2D eigenvalue weighted by molar-refractivity contribution is 0.229. The van der Waals surface area contributed by atoms with E-state index in [1.54, 1.807) is 36.4 Å². The molecule has 0 aliphatic rings. The number of pyridine rings is 1. The van der Waals surface area contributed by atoms with Gasteiger partial charge in [0.2, 0.25) is 5.88 Å². The molecule has 0 saturated carbocycles. The van der Waals surface area contributed by atoms with Gasteiger partial charge in [-0.25, -0.2) is 4.98 Å². The van der Waals surface area contributed by atoms with Crippen LogP contribution in [0.4, 0.5) is 0 Å². The Kier molecular flexibility index (Phi) is 3.34. The van der Waals surface area contributed by atoms with Gasteiger partial charge in [-0.2, -0.15) is 5.26 Å². The molecule has 4 heteroatoms. The molecule has 0 bridgehead atoms. The van der Waals surface area contributed by atoms with Crippen LogP contribution in [-0.4, -0.2) is 10.1 Å². The van der Waals surface area contributed by atoms with Crippen molar-refractivity contribution in [2.45, 2.75) is 6.10 Å². The van der Waals surface area contributed by atoms with E-state index in [1.165, 1.54) is 0 Å². The SMILES string of the molecule is N#CC(O)c1cccc(Oc2ccccc2)n1. The maximum atomic E-state index is 9.34. The van der Waals surface area contributed by atoms with Crippen molar-refractivity contribution in [3.8, 4) is 17.7 Å². The van der Waals surface area contributed by atoms with Crippen LogP contribution in [0.15, 0.2) is 48.5 Å². The van der Waals surface area contributed by atoms with Crippen LogP contribution in [0.5, 0.6) is 11.6 Å². The molecule has 0 saturated heterocycles. The number of benzene rings is 1. The molecule has 0 amide bonds. The summed E-state index contributed by atoms with van der Waals surface area (Å²) in [7, 11) is 0. The molecule has 1 atom stereocenters. The van der Waals surface area contributed by atoms with Gasteiger partial charge >= 0.3 is 0 Å². The van der Waals surface area contributed by atoms with Crippen LogP contribution in [0, 0.1) is 11.3 Å². The lowest BCUT2D eigenvalue weighted by atomic mass is 10.2. The maximum Gasteiger partial charge on any atom is 0.219 e. The van der Waals surface area contributed by atoms with Gasteiger partial charge in [0.05, 0.1) is 5.69 Å². The number of aliphatic hydroxyl groups is 1. The van der Waals surface area contributed by atoms with E-state index in [0.717, 1.165) is 0 Å². The molecule has 1 heterocycles. The third kappa shape index (κ3) is 2.80. The first-order valence-electron chi connectivity index (χ1n) is 5.07. The molecule has 1 N–H and O–H groups in total. The van der Waals surface area contributed by atoms with Crippen LogP contribution < -0.4 is 4.74 Å². The Balaban J connectivity index is 2.20. The highest BCUT2D eigenvalue weighted by molar-refractivity contribution is 5.28. The van der Waals surface area contributed by atoms with E-state index in [9.17, 15) is 5.11 Å². The van der Waals surface area contributed by atoms with Crippen molar-refractivity contribution in [1.82, 2.24) is 4.98 Å². The van der Waals surface area contributed by atoms with Crippen LogP contribution in [0.2, 0.25) is 0 Å². The first kappa shape index (κ1) is 11.1. The van der Waals surface area contributed by atoms with E-state index in [4.69, 9.17) is 10.00 Å². The Hall–Kier alpha value is -2.38. The molecular formula is C13H10N2O2. The van der Waals surface area contributed by atoms with Gasteiger partial charge in [0.25, 0.3) is 0 Å². The molecule has 2 rings (SSSR count). The number of hydrogen-bond acceptors (Lipinski definition) is 4. The van der Waals surface area contributed by atoms with E-state index >= 15 is 0 Å². The molecule has 0 fully saturated rings. The highest BCUT2D eigenvalue weighted by atomic mass is 16.5. The van der Waals surface area contributed by atoms with E-state index in [2.05, 4.69) is 4.98 Å². The largest absolute Gasteiger partial charge is 0.439 e. The smallest absolute Gasteiger partial charge is 0.219 e. The Bertz CT molecular complexity index is 535. The zero-order valence-electron chi connectivity index (χ0n) is 8.95. The molecule has 0 aliphatic heterocycles. The molecule has 84 valence electrons. The average Bonchev–Trinajstić information content (AvgIpc) is 2.39. The average molecular weight is 226 g/mol. The number of ether oxygens (including phenoxy) is 1. The van der Waals surface area contributed by atoms with Gasteiger partial charge in [0.1, 0.15) is 11.8 Å². The zero-order valence-corrected chi connectivity index (χ0v) is 8.95. The van der Waals surface area contributed by atoms with Gasteiger partial charge in [0, 0.05) is 6.07 Å². The van der Waals surface area contributed by atoms with Crippen molar-refractivity contribution >= 4 is 0 Å². The standard InChI is InChI=1S/C13H10N2O2/c14-9-12(16)11-7-4-8-13(15-11)17-10-5-2-1-3-6-10/h1-8,12,16H.